The van der Waals surface area contributed by atoms with Crippen molar-refractivity contribution >= 4 is 11.6 Å². The number of carbonyl (C=O) groups excluding carboxylic acids is 1. The fourth-order valence-electron chi connectivity index (χ4n) is 2.86. The molecule has 0 saturated carbocycles. The highest BCUT2D eigenvalue weighted by molar-refractivity contribution is 5.91. The molecular weight excluding hydrogens is 354 g/mol. The highest BCUT2D eigenvalue weighted by atomic mass is 16.5. The Bertz CT molecular complexity index is 1110. The van der Waals surface area contributed by atoms with Gasteiger partial charge in [0, 0.05) is 17.4 Å². The number of nitrogens with zero attached hydrogens (tertiary/aromatic N) is 4. The van der Waals surface area contributed by atoms with Crippen molar-refractivity contribution in [3.8, 4) is 23.0 Å². The summed E-state index contributed by atoms with van der Waals surface area (Å²) < 4.78 is 7.10. The van der Waals surface area contributed by atoms with E-state index in [0.29, 0.717) is 23.2 Å². The topological polar surface area (TPSA) is 85.8 Å². The van der Waals surface area contributed by atoms with Crippen LogP contribution in [0.1, 0.15) is 11.4 Å². The van der Waals surface area contributed by atoms with E-state index in [1.54, 1.807) is 10.8 Å². The molecule has 0 atom stereocenters. The van der Waals surface area contributed by atoms with E-state index in [9.17, 15) is 4.79 Å². The smallest absolute Gasteiger partial charge is 0.258 e. The van der Waals surface area contributed by atoms with Crippen LogP contribution in [0.3, 0.4) is 0 Å². The molecule has 0 saturated heterocycles. The van der Waals surface area contributed by atoms with Crippen LogP contribution in [0.4, 0.5) is 5.69 Å². The number of para-hydroxylation sites is 1. The van der Waals surface area contributed by atoms with Gasteiger partial charge in [-0.05, 0) is 37.6 Å². The van der Waals surface area contributed by atoms with E-state index in [1.807, 2.05) is 68.4 Å². The molecule has 0 unspecified atom stereocenters. The maximum absolute atomic E-state index is 12.4. The number of anilines is 1. The minimum atomic E-state index is -0.126. The number of aromatic nitrogens is 4. The molecule has 7 heteroatoms. The average molecular weight is 373 g/mol. The van der Waals surface area contributed by atoms with Crippen molar-refractivity contribution < 1.29 is 9.32 Å². The third-order valence-corrected chi connectivity index (χ3v) is 4.39. The third-order valence-electron chi connectivity index (χ3n) is 4.39. The van der Waals surface area contributed by atoms with Crippen LogP contribution in [0, 0.1) is 13.8 Å². The number of imidazole rings is 1. The van der Waals surface area contributed by atoms with E-state index in [0.717, 1.165) is 16.8 Å². The number of hydrogen-bond acceptors (Lipinski definition) is 5. The summed E-state index contributed by atoms with van der Waals surface area (Å²) in [6.07, 6.45) is 1.76. The number of aryl methyl sites for hydroxylation is 2. The number of carbonyl (C=O) groups is 1. The molecule has 0 radical (unpaired) electrons. The van der Waals surface area contributed by atoms with Crippen molar-refractivity contribution in [2.45, 2.75) is 20.4 Å². The van der Waals surface area contributed by atoms with Gasteiger partial charge in [0.15, 0.2) is 0 Å². The summed E-state index contributed by atoms with van der Waals surface area (Å²) in [4.78, 5) is 21.3. The zero-order valence-corrected chi connectivity index (χ0v) is 15.6. The molecule has 0 aliphatic carbocycles. The molecule has 0 aliphatic rings. The Balaban J connectivity index is 1.50. The second kappa shape index (κ2) is 7.48. The van der Waals surface area contributed by atoms with Gasteiger partial charge in [0.25, 0.3) is 5.89 Å². The summed E-state index contributed by atoms with van der Waals surface area (Å²) >= 11 is 0. The largest absolute Gasteiger partial charge is 0.334 e. The van der Waals surface area contributed by atoms with Crippen LogP contribution in [0.2, 0.25) is 0 Å². The summed E-state index contributed by atoms with van der Waals surface area (Å²) in [5.41, 5.74) is 3.22. The number of amides is 1. The Morgan fingerprint density at radius 2 is 1.79 bits per heavy atom. The Morgan fingerprint density at radius 1 is 1.04 bits per heavy atom. The minimum Gasteiger partial charge on any atom is -0.334 e. The quantitative estimate of drug-likeness (QED) is 0.574. The van der Waals surface area contributed by atoms with Crippen molar-refractivity contribution in [2.24, 2.45) is 0 Å². The van der Waals surface area contributed by atoms with E-state index in [1.165, 1.54) is 0 Å². The van der Waals surface area contributed by atoms with Gasteiger partial charge in [-0.15, -0.1) is 0 Å². The molecule has 1 amide bonds. The van der Waals surface area contributed by atoms with Gasteiger partial charge in [-0.3, -0.25) is 4.79 Å². The van der Waals surface area contributed by atoms with E-state index in [4.69, 9.17) is 4.52 Å². The molecule has 0 bridgehead atoms. The molecule has 2 heterocycles. The van der Waals surface area contributed by atoms with Crippen molar-refractivity contribution in [2.75, 3.05) is 5.32 Å². The predicted octanol–water partition coefficient (Wildman–Crippen LogP) is 3.86. The number of nitrogens with one attached hydrogen (secondary N) is 1. The highest BCUT2D eigenvalue weighted by Gasteiger charge is 2.16. The zero-order chi connectivity index (χ0) is 19.5. The average Bonchev–Trinajstić information content (AvgIpc) is 3.32. The Kier molecular flexibility index (Phi) is 4.72. The SMILES string of the molecule is Cc1ccccc1NC(=O)Cn1cc(-c2noc(-c3ccccc3)n2)nc1C. The molecule has 4 aromatic rings. The minimum absolute atomic E-state index is 0.126. The van der Waals surface area contributed by atoms with Crippen LogP contribution in [0.15, 0.2) is 65.3 Å². The molecule has 1 N–H and O–H groups in total. The fourth-order valence-corrected chi connectivity index (χ4v) is 2.86. The first kappa shape index (κ1) is 17.7. The van der Waals surface area contributed by atoms with Crippen LogP contribution >= 0.6 is 0 Å². The van der Waals surface area contributed by atoms with Gasteiger partial charge < -0.3 is 14.4 Å². The Hall–Kier alpha value is -3.74. The van der Waals surface area contributed by atoms with Gasteiger partial charge in [0.1, 0.15) is 18.1 Å². The molecule has 28 heavy (non-hydrogen) atoms. The molecule has 140 valence electrons. The lowest BCUT2D eigenvalue weighted by atomic mass is 10.2. The zero-order valence-electron chi connectivity index (χ0n) is 15.6. The first-order valence-electron chi connectivity index (χ1n) is 8.89. The lowest BCUT2D eigenvalue weighted by Crippen LogP contribution is -2.19. The van der Waals surface area contributed by atoms with Crippen molar-refractivity contribution in [1.82, 2.24) is 19.7 Å². The van der Waals surface area contributed by atoms with Crippen LogP contribution in [-0.2, 0) is 11.3 Å². The monoisotopic (exact) mass is 373 g/mol. The van der Waals surface area contributed by atoms with Crippen LogP contribution in [0.25, 0.3) is 23.0 Å². The summed E-state index contributed by atoms with van der Waals surface area (Å²) in [5.74, 6) is 1.39. The summed E-state index contributed by atoms with van der Waals surface area (Å²) in [7, 11) is 0. The normalized spacial score (nSPS) is 10.8. The Morgan fingerprint density at radius 3 is 2.57 bits per heavy atom. The molecule has 4 rings (SSSR count). The van der Waals surface area contributed by atoms with Gasteiger partial charge >= 0.3 is 0 Å². The van der Waals surface area contributed by atoms with Gasteiger partial charge in [-0.25, -0.2) is 4.98 Å². The standard InChI is InChI=1S/C21H19N5O2/c1-14-8-6-7-11-17(14)23-19(27)13-26-12-18(22-15(26)2)20-24-21(28-25-20)16-9-4-3-5-10-16/h3-12H,13H2,1-2H3,(H,23,27). The van der Waals surface area contributed by atoms with E-state index in [-0.39, 0.29) is 12.5 Å². The second-order valence-electron chi connectivity index (χ2n) is 6.45. The summed E-state index contributed by atoms with van der Waals surface area (Å²) in [6.45, 7) is 3.94. The maximum atomic E-state index is 12.4. The summed E-state index contributed by atoms with van der Waals surface area (Å²) in [5, 5.41) is 6.94. The lowest BCUT2D eigenvalue weighted by molar-refractivity contribution is -0.116. The van der Waals surface area contributed by atoms with Crippen LogP contribution < -0.4 is 5.32 Å². The fraction of sp³-hybridized carbons (Fsp3) is 0.143. The predicted molar refractivity (Wildman–Crippen MR) is 106 cm³/mol. The van der Waals surface area contributed by atoms with Gasteiger partial charge in [-0.1, -0.05) is 41.6 Å². The second-order valence-corrected chi connectivity index (χ2v) is 6.45. The lowest BCUT2D eigenvalue weighted by Gasteiger charge is -2.09. The molecule has 0 spiro atoms. The van der Waals surface area contributed by atoms with Crippen LogP contribution in [-0.4, -0.2) is 25.6 Å². The van der Waals surface area contributed by atoms with E-state index >= 15 is 0 Å². The first-order chi connectivity index (χ1) is 13.6. The van der Waals surface area contributed by atoms with E-state index in [2.05, 4.69) is 20.4 Å². The highest BCUT2D eigenvalue weighted by Crippen LogP contribution is 2.21. The van der Waals surface area contributed by atoms with Gasteiger partial charge in [-0.2, -0.15) is 4.98 Å². The molecular formula is C21H19N5O2. The Labute approximate surface area is 162 Å². The number of rotatable bonds is 5. The molecule has 2 aromatic heterocycles. The number of benzene rings is 2. The van der Waals surface area contributed by atoms with Gasteiger partial charge in [0.05, 0.1) is 0 Å². The van der Waals surface area contributed by atoms with Crippen LogP contribution in [0.5, 0.6) is 0 Å². The molecule has 0 fully saturated rings. The molecule has 0 aliphatic heterocycles. The number of hydrogen-bond donors (Lipinski definition) is 1. The summed E-state index contributed by atoms with van der Waals surface area (Å²) in [6, 6.07) is 17.2. The van der Waals surface area contributed by atoms with E-state index < -0.39 is 0 Å². The van der Waals surface area contributed by atoms with Gasteiger partial charge in [0.2, 0.25) is 11.7 Å². The van der Waals surface area contributed by atoms with Crippen molar-refractivity contribution in [1.29, 1.82) is 0 Å². The maximum Gasteiger partial charge on any atom is 0.258 e. The van der Waals surface area contributed by atoms with Crippen molar-refractivity contribution in [3.63, 3.8) is 0 Å². The molecule has 7 nitrogen and oxygen atoms in total. The third kappa shape index (κ3) is 3.68. The first-order valence-corrected chi connectivity index (χ1v) is 8.89. The molecule has 2 aromatic carbocycles. The van der Waals surface area contributed by atoms with Crippen molar-refractivity contribution in [3.05, 3.63) is 72.2 Å².